The number of methoxy groups -OCH3 is 3. The summed E-state index contributed by atoms with van der Waals surface area (Å²) in [5.41, 5.74) is 1.49. The van der Waals surface area contributed by atoms with Gasteiger partial charge in [0.05, 0.1) is 36.7 Å². The van der Waals surface area contributed by atoms with Crippen LogP contribution in [0.3, 0.4) is 0 Å². The second-order valence-electron chi connectivity index (χ2n) is 4.79. The summed E-state index contributed by atoms with van der Waals surface area (Å²) in [5.74, 6) is 1.51. The van der Waals surface area contributed by atoms with Gasteiger partial charge in [0.25, 0.3) is 5.91 Å². The van der Waals surface area contributed by atoms with Crippen LogP contribution in [0.5, 0.6) is 17.2 Å². The van der Waals surface area contributed by atoms with E-state index in [-0.39, 0.29) is 11.9 Å². The first-order chi connectivity index (χ1) is 11.0. The molecule has 0 saturated carbocycles. The maximum Gasteiger partial charge on any atom is 0.252 e. The molecule has 1 atom stereocenters. The highest BCUT2D eigenvalue weighted by Crippen LogP contribution is 2.39. The fourth-order valence-corrected chi connectivity index (χ4v) is 3.28. The topological polar surface area (TPSA) is 56.8 Å². The van der Waals surface area contributed by atoms with Gasteiger partial charge in [0.2, 0.25) is 5.75 Å². The van der Waals surface area contributed by atoms with Gasteiger partial charge in [-0.3, -0.25) is 4.79 Å². The molecule has 2 rings (SSSR count). The van der Waals surface area contributed by atoms with Gasteiger partial charge in [0.15, 0.2) is 11.5 Å². The van der Waals surface area contributed by atoms with Crippen LogP contribution >= 0.6 is 27.3 Å². The second-order valence-corrected chi connectivity index (χ2v) is 7.08. The van der Waals surface area contributed by atoms with Crippen molar-refractivity contribution in [3.8, 4) is 17.2 Å². The van der Waals surface area contributed by atoms with Crippen LogP contribution < -0.4 is 19.5 Å². The Labute approximate surface area is 147 Å². The summed E-state index contributed by atoms with van der Waals surface area (Å²) < 4.78 is 16.9. The smallest absolute Gasteiger partial charge is 0.252 e. The molecule has 0 aliphatic heterocycles. The molecule has 0 radical (unpaired) electrons. The predicted molar refractivity (Wildman–Crippen MR) is 94.0 cm³/mol. The SMILES string of the molecule is COc1cc([C@@H](C)NC(=O)c2csc(Br)c2)cc(OC)c1OC. The van der Waals surface area contributed by atoms with Crippen LogP contribution in [0.2, 0.25) is 0 Å². The van der Waals surface area contributed by atoms with Crippen molar-refractivity contribution in [1.82, 2.24) is 5.32 Å². The molecule has 1 aromatic carbocycles. The van der Waals surface area contributed by atoms with Gasteiger partial charge >= 0.3 is 0 Å². The van der Waals surface area contributed by atoms with Crippen molar-refractivity contribution in [2.24, 2.45) is 0 Å². The molecule has 5 nitrogen and oxygen atoms in total. The minimum atomic E-state index is -0.213. The van der Waals surface area contributed by atoms with E-state index in [0.29, 0.717) is 22.8 Å². The maximum atomic E-state index is 12.3. The lowest BCUT2D eigenvalue weighted by atomic mass is 10.1. The fraction of sp³-hybridized carbons (Fsp3) is 0.312. The normalized spacial score (nSPS) is 11.7. The van der Waals surface area contributed by atoms with Gasteiger partial charge in [0.1, 0.15) is 0 Å². The minimum absolute atomic E-state index is 0.131. The van der Waals surface area contributed by atoms with Gasteiger partial charge in [-0.05, 0) is 46.6 Å². The van der Waals surface area contributed by atoms with Crippen LogP contribution in [-0.4, -0.2) is 27.2 Å². The lowest BCUT2D eigenvalue weighted by molar-refractivity contribution is 0.0940. The standard InChI is InChI=1S/C16H18BrNO4S/c1-9(18-16(19)11-7-14(17)23-8-11)10-5-12(20-2)15(22-4)13(6-10)21-3/h5-9H,1-4H3,(H,18,19)/t9-/m1/s1. The van der Waals surface area contributed by atoms with E-state index < -0.39 is 0 Å². The number of carbonyl (C=O) groups excluding carboxylic acids is 1. The highest BCUT2D eigenvalue weighted by atomic mass is 79.9. The predicted octanol–water partition coefficient (Wildman–Crippen LogP) is 4.03. The molecule has 0 unspecified atom stereocenters. The average molecular weight is 400 g/mol. The minimum Gasteiger partial charge on any atom is -0.493 e. The van der Waals surface area contributed by atoms with Crippen molar-refractivity contribution < 1.29 is 19.0 Å². The van der Waals surface area contributed by atoms with Gasteiger partial charge in [-0.15, -0.1) is 11.3 Å². The first kappa shape index (κ1) is 17.6. The van der Waals surface area contributed by atoms with Crippen molar-refractivity contribution in [3.05, 3.63) is 38.5 Å². The summed E-state index contributed by atoms with van der Waals surface area (Å²) in [6, 6.07) is 5.24. The van der Waals surface area contributed by atoms with Gasteiger partial charge in [-0.25, -0.2) is 0 Å². The summed E-state index contributed by atoms with van der Waals surface area (Å²) in [7, 11) is 4.68. The molecule has 0 spiro atoms. The van der Waals surface area contributed by atoms with E-state index in [1.165, 1.54) is 11.3 Å². The van der Waals surface area contributed by atoms with Crippen LogP contribution in [0.25, 0.3) is 0 Å². The molecule has 124 valence electrons. The maximum absolute atomic E-state index is 12.3. The average Bonchev–Trinajstić information content (AvgIpc) is 2.99. The van der Waals surface area contributed by atoms with Crippen molar-refractivity contribution in [2.75, 3.05) is 21.3 Å². The van der Waals surface area contributed by atoms with E-state index in [0.717, 1.165) is 9.35 Å². The molecule has 2 aromatic rings. The van der Waals surface area contributed by atoms with Crippen LogP contribution in [0.1, 0.15) is 28.9 Å². The lowest BCUT2D eigenvalue weighted by Gasteiger charge is -2.18. The van der Waals surface area contributed by atoms with E-state index in [9.17, 15) is 4.79 Å². The number of carbonyl (C=O) groups is 1. The molecule has 1 amide bonds. The van der Waals surface area contributed by atoms with Gasteiger partial charge < -0.3 is 19.5 Å². The highest BCUT2D eigenvalue weighted by Gasteiger charge is 2.18. The Morgan fingerprint density at radius 3 is 2.17 bits per heavy atom. The third-order valence-corrected chi connectivity index (χ3v) is 4.87. The first-order valence-corrected chi connectivity index (χ1v) is 8.52. The third-order valence-electron chi connectivity index (χ3n) is 3.36. The second kappa shape index (κ2) is 7.70. The lowest BCUT2D eigenvalue weighted by Crippen LogP contribution is -2.26. The van der Waals surface area contributed by atoms with E-state index >= 15 is 0 Å². The number of rotatable bonds is 6. The van der Waals surface area contributed by atoms with E-state index in [1.54, 1.807) is 32.8 Å². The molecule has 0 bridgehead atoms. The first-order valence-electron chi connectivity index (χ1n) is 6.85. The fourth-order valence-electron chi connectivity index (χ4n) is 2.14. The molecule has 1 N–H and O–H groups in total. The zero-order valence-corrected chi connectivity index (χ0v) is 15.7. The number of thiophene rings is 1. The van der Waals surface area contributed by atoms with Crippen molar-refractivity contribution in [2.45, 2.75) is 13.0 Å². The molecule has 0 aliphatic rings. The van der Waals surface area contributed by atoms with E-state index in [4.69, 9.17) is 14.2 Å². The summed E-state index contributed by atoms with van der Waals surface area (Å²) >= 11 is 4.83. The molecule has 7 heteroatoms. The molecule has 0 saturated heterocycles. The van der Waals surface area contributed by atoms with Gasteiger partial charge in [0, 0.05) is 5.38 Å². The number of halogens is 1. The number of nitrogens with one attached hydrogen (secondary N) is 1. The molecule has 1 heterocycles. The Kier molecular flexibility index (Phi) is 5.90. The van der Waals surface area contributed by atoms with Crippen LogP contribution in [0.15, 0.2) is 27.4 Å². The molecule has 23 heavy (non-hydrogen) atoms. The molecular formula is C16H18BrNO4S. The quantitative estimate of drug-likeness (QED) is 0.796. The van der Waals surface area contributed by atoms with Crippen molar-refractivity contribution in [1.29, 1.82) is 0 Å². The molecular weight excluding hydrogens is 382 g/mol. The molecule has 0 fully saturated rings. The summed E-state index contributed by atoms with van der Waals surface area (Å²) in [6.07, 6.45) is 0. The number of hydrogen-bond acceptors (Lipinski definition) is 5. The Balaban J connectivity index is 2.25. The van der Waals surface area contributed by atoms with Crippen LogP contribution in [-0.2, 0) is 0 Å². The number of amides is 1. The molecule has 1 aromatic heterocycles. The molecule has 0 aliphatic carbocycles. The summed E-state index contributed by atoms with van der Waals surface area (Å²) in [6.45, 7) is 1.90. The third kappa shape index (κ3) is 3.97. The van der Waals surface area contributed by atoms with E-state index in [1.807, 2.05) is 19.1 Å². The Bertz CT molecular complexity index is 676. The number of ether oxygens (including phenoxy) is 3. The monoisotopic (exact) mass is 399 g/mol. The largest absolute Gasteiger partial charge is 0.493 e. The van der Waals surface area contributed by atoms with Crippen molar-refractivity contribution >= 4 is 33.2 Å². The van der Waals surface area contributed by atoms with Crippen molar-refractivity contribution in [3.63, 3.8) is 0 Å². The zero-order chi connectivity index (χ0) is 17.0. The Morgan fingerprint density at radius 1 is 1.13 bits per heavy atom. The Morgan fingerprint density at radius 2 is 1.74 bits per heavy atom. The van der Waals surface area contributed by atoms with E-state index in [2.05, 4.69) is 21.2 Å². The number of hydrogen-bond donors (Lipinski definition) is 1. The zero-order valence-electron chi connectivity index (χ0n) is 13.3. The van der Waals surface area contributed by atoms with Gasteiger partial charge in [-0.1, -0.05) is 0 Å². The number of benzene rings is 1. The van der Waals surface area contributed by atoms with Gasteiger partial charge in [-0.2, -0.15) is 0 Å². The Hall–Kier alpha value is -1.73. The highest BCUT2D eigenvalue weighted by molar-refractivity contribution is 9.11. The summed E-state index contributed by atoms with van der Waals surface area (Å²) in [4.78, 5) is 12.3. The van der Waals surface area contributed by atoms with Crippen LogP contribution in [0, 0.1) is 0 Å². The van der Waals surface area contributed by atoms with Crippen LogP contribution in [0.4, 0.5) is 0 Å². The summed E-state index contributed by atoms with van der Waals surface area (Å²) in [5, 5.41) is 4.77.